The van der Waals surface area contributed by atoms with E-state index in [1.807, 2.05) is 0 Å². The van der Waals surface area contributed by atoms with Crippen molar-refractivity contribution in [1.82, 2.24) is 0 Å². The number of hydrogen-bond donors (Lipinski definition) is 0. The molecule has 0 spiro atoms. The van der Waals surface area contributed by atoms with E-state index >= 15 is 0 Å². The van der Waals surface area contributed by atoms with Crippen LogP contribution >= 0.6 is 0 Å². The molecule has 0 aromatic heterocycles. The zero-order valence-corrected chi connectivity index (χ0v) is 13.3. The van der Waals surface area contributed by atoms with E-state index in [4.69, 9.17) is 0 Å². The minimum absolute atomic E-state index is 0.110. The van der Waals surface area contributed by atoms with Gasteiger partial charge in [-0.05, 0) is 39.3 Å². The fourth-order valence-electron chi connectivity index (χ4n) is 2.37. The van der Waals surface area contributed by atoms with Gasteiger partial charge in [0, 0.05) is 24.3 Å². The van der Waals surface area contributed by atoms with E-state index in [0.29, 0.717) is 0 Å². The molecule has 116 valence electrons. The van der Waals surface area contributed by atoms with Crippen molar-refractivity contribution in [2.24, 2.45) is 0 Å². The molecule has 0 amide bonds. The third-order valence-electron chi connectivity index (χ3n) is 3.51. The van der Waals surface area contributed by atoms with E-state index in [0.717, 1.165) is 31.5 Å². The SMILES string of the molecule is CCCCCN(c1ccc(C(C)=O)c([N+](=O)[O-])c1)C(C)C. The predicted molar refractivity (Wildman–Crippen MR) is 85.1 cm³/mol. The lowest BCUT2D eigenvalue weighted by Crippen LogP contribution is -2.31. The molecule has 0 atom stereocenters. The number of hydrogen-bond acceptors (Lipinski definition) is 4. The lowest BCUT2D eigenvalue weighted by atomic mass is 10.1. The number of nitro groups is 1. The molecule has 21 heavy (non-hydrogen) atoms. The third kappa shape index (κ3) is 4.55. The Balaban J connectivity index is 3.12. The summed E-state index contributed by atoms with van der Waals surface area (Å²) in [4.78, 5) is 24.3. The van der Waals surface area contributed by atoms with Crippen LogP contribution in [-0.4, -0.2) is 23.3 Å². The highest BCUT2D eigenvalue weighted by Crippen LogP contribution is 2.27. The van der Waals surface area contributed by atoms with Crippen LogP contribution in [0.25, 0.3) is 0 Å². The van der Waals surface area contributed by atoms with Crippen molar-refractivity contribution in [1.29, 1.82) is 0 Å². The van der Waals surface area contributed by atoms with E-state index < -0.39 is 4.92 Å². The van der Waals surface area contributed by atoms with Gasteiger partial charge in [-0.15, -0.1) is 0 Å². The highest BCUT2D eigenvalue weighted by molar-refractivity contribution is 5.98. The summed E-state index contributed by atoms with van der Waals surface area (Å²) >= 11 is 0. The van der Waals surface area contributed by atoms with Gasteiger partial charge in [0.15, 0.2) is 5.78 Å². The summed E-state index contributed by atoms with van der Waals surface area (Å²) in [7, 11) is 0. The minimum atomic E-state index is -0.481. The molecule has 0 saturated heterocycles. The third-order valence-corrected chi connectivity index (χ3v) is 3.51. The topological polar surface area (TPSA) is 63.5 Å². The molecule has 0 aliphatic rings. The van der Waals surface area contributed by atoms with Crippen molar-refractivity contribution >= 4 is 17.2 Å². The standard InChI is InChI=1S/C16H24N2O3/c1-5-6-7-10-17(12(2)3)14-8-9-15(13(4)19)16(11-14)18(20)21/h8-9,11-12H,5-7,10H2,1-4H3. The summed E-state index contributed by atoms with van der Waals surface area (Å²) < 4.78 is 0. The Morgan fingerprint density at radius 3 is 2.48 bits per heavy atom. The van der Waals surface area contributed by atoms with Crippen molar-refractivity contribution in [3.05, 3.63) is 33.9 Å². The average molecular weight is 292 g/mol. The first-order valence-corrected chi connectivity index (χ1v) is 7.44. The van der Waals surface area contributed by atoms with Crippen LogP contribution in [0.3, 0.4) is 0 Å². The Labute approximate surface area is 126 Å². The second kappa shape index (κ2) is 7.76. The molecule has 0 fully saturated rings. The van der Waals surface area contributed by atoms with Crippen LogP contribution in [0, 0.1) is 10.1 Å². The van der Waals surface area contributed by atoms with Crippen molar-refractivity contribution in [2.45, 2.75) is 53.0 Å². The van der Waals surface area contributed by atoms with Crippen molar-refractivity contribution in [3.63, 3.8) is 0 Å². The molecule has 0 aliphatic heterocycles. The van der Waals surface area contributed by atoms with Gasteiger partial charge in [0.25, 0.3) is 5.69 Å². The number of anilines is 1. The monoisotopic (exact) mass is 292 g/mol. The Bertz CT molecular complexity index is 512. The molecular formula is C16H24N2O3. The second-order valence-electron chi connectivity index (χ2n) is 5.51. The van der Waals surface area contributed by atoms with Crippen molar-refractivity contribution < 1.29 is 9.72 Å². The number of ketones is 1. The quantitative estimate of drug-likeness (QED) is 0.312. The van der Waals surface area contributed by atoms with E-state index in [1.165, 1.54) is 13.0 Å². The number of carbonyl (C=O) groups is 1. The van der Waals surface area contributed by atoms with Gasteiger partial charge in [0.2, 0.25) is 0 Å². The van der Waals surface area contributed by atoms with Gasteiger partial charge >= 0.3 is 0 Å². The van der Waals surface area contributed by atoms with Gasteiger partial charge in [-0.3, -0.25) is 14.9 Å². The van der Waals surface area contributed by atoms with Crippen molar-refractivity contribution in [2.75, 3.05) is 11.4 Å². The van der Waals surface area contributed by atoms with E-state index in [-0.39, 0.29) is 23.1 Å². The molecule has 0 bridgehead atoms. The predicted octanol–water partition coefficient (Wildman–Crippen LogP) is 4.20. The highest BCUT2D eigenvalue weighted by atomic mass is 16.6. The Hall–Kier alpha value is -1.91. The van der Waals surface area contributed by atoms with Gasteiger partial charge in [0.05, 0.1) is 10.5 Å². The number of rotatable bonds is 8. The average Bonchev–Trinajstić information content (AvgIpc) is 2.42. The van der Waals surface area contributed by atoms with Crippen LogP contribution in [0.2, 0.25) is 0 Å². The zero-order valence-electron chi connectivity index (χ0n) is 13.3. The summed E-state index contributed by atoms with van der Waals surface area (Å²) in [6.45, 7) is 8.49. The summed E-state index contributed by atoms with van der Waals surface area (Å²) in [5, 5.41) is 11.2. The number of nitrogens with zero attached hydrogens (tertiary/aromatic N) is 2. The first-order valence-electron chi connectivity index (χ1n) is 7.44. The number of carbonyl (C=O) groups excluding carboxylic acids is 1. The summed E-state index contributed by atoms with van der Waals surface area (Å²) in [6.07, 6.45) is 3.32. The summed E-state index contributed by atoms with van der Waals surface area (Å²) in [5.41, 5.74) is 0.861. The Kier molecular flexibility index (Phi) is 6.34. The molecule has 5 heteroatoms. The molecule has 1 aromatic carbocycles. The molecule has 0 aliphatic carbocycles. The minimum Gasteiger partial charge on any atom is -0.369 e. The largest absolute Gasteiger partial charge is 0.369 e. The maximum Gasteiger partial charge on any atom is 0.282 e. The summed E-state index contributed by atoms with van der Waals surface area (Å²) in [5.74, 6) is -0.282. The van der Waals surface area contributed by atoms with Crippen LogP contribution < -0.4 is 4.90 Å². The molecule has 1 aromatic rings. The van der Waals surface area contributed by atoms with Crippen LogP contribution in [0.1, 0.15) is 57.3 Å². The van der Waals surface area contributed by atoms with Crippen LogP contribution in [0.15, 0.2) is 18.2 Å². The Morgan fingerprint density at radius 1 is 1.33 bits per heavy atom. The van der Waals surface area contributed by atoms with Crippen LogP contribution in [0.4, 0.5) is 11.4 Å². The number of nitro benzene ring substituents is 1. The van der Waals surface area contributed by atoms with Gasteiger partial charge in [-0.25, -0.2) is 0 Å². The molecular weight excluding hydrogens is 268 g/mol. The molecule has 0 heterocycles. The first kappa shape index (κ1) is 17.1. The lowest BCUT2D eigenvalue weighted by molar-refractivity contribution is -0.385. The van der Waals surface area contributed by atoms with Gasteiger partial charge in [-0.1, -0.05) is 19.8 Å². The molecule has 0 unspecified atom stereocenters. The van der Waals surface area contributed by atoms with E-state index in [2.05, 4.69) is 25.7 Å². The highest BCUT2D eigenvalue weighted by Gasteiger charge is 2.20. The summed E-state index contributed by atoms with van der Waals surface area (Å²) in [6, 6.07) is 5.13. The fourth-order valence-corrected chi connectivity index (χ4v) is 2.37. The molecule has 0 radical (unpaired) electrons. The fraction of sp³-hybridized carbons (Fsp3) is 0.562. The zero-order chi connectivity index (χ0) is 16.0. The smallest absolute Gasteiger partial charge is 0.282 e. The van der Waals surface area contributed by atoms with Crippen LogP contribution in [0.5, 0.6) is 0 Å². The van der Waals surface area contributed by atoms with E-state index in [9.17, 15) is 14.9 Å². The normalized spacial score (nSPS) is 10.7. The van der Waals surface area contributed by atoms with Crippen LogP contribution in [-0.2, 0) is 0 Å². The van der Waals surface area contributed by atoms with Crippen molar-refractivity contribution in [3.8, 4) is 0 Å². The number of unbranched alkanes of at least 4 members (excludes halogenated alkanes) is 2. The van der Waals surface area contributed by atoms with Gasteiger partial charge in [0.1, 0.15) is 0 Å². The van der Waals surface area contributed by atoms with E-state index in [1.54, 1.807) is 12.1 Å². The first-order chi connectivity index (χ1) is 9.88. The molecule has 1 rings (SSSR count). The van der Waals surface area contributed by atoms with Gasteiger partial charge in [-0.2, -0.15) is 0 Å². The molecule has 0 N–H and O–H groups in total. The lowest BCUT2D eigenvalue weighted by Gasteiger charge is -2.29. The number of benzene rings is 1. The second-order valence-corrected chi connectivity index (χ2v) is 5.51. The molecule has 5 nitrogen and oxygen atoms in total. The maximum absolute atomic E-state index is 11.5. The maximum atomic E-state index is 11.5. The Morgan fingerprint density at radius 2 is 2.00 bits per heavy atom. The van der Waals surface area contributed by atoms with Gasteiger partial charge < -0.3 is 4.90 Å². The number of Topliss-reactive ketones (excluding diaryl/α,β-unsaturated/α-hetero) is 1. The molecule has 0 saturated carbocycles.